The monoisotopic (exact) mass is 636 g/mol. The number of rotatable bonds is 6. The fraction of sp³-hybridized carbons (Fsp3) is 0.244. The fourth-order valence-corrected chi connectivity index (χ4v) is 8.92. The van der Waals surface area contributed by atoms with Crippen LogP contribution in [0.25, 0.3) is 56.4 Å². The second kappa shape index (κ2) is 12.9. The van der Waals surface area contributed by atoms with Crippen molar-refractivity contribution in [3.8, 4) is 62.5 Å². The van der Waals surface area contributed by atoms with Crippen LogP contribution in [0, 0.1) is 29.1 Å². The summed E-state index contributed by atoms with van der Waals surface area (Å²) in [5.74, 6) is 4.05. The Morgan fingerprint density at radius 3 is 1.57 bits per heavy atom. The summed E-state index contributed by atoms with van der Waals surface area (Å²) in [6.07, 6.45) is 6.32. The number of aromatic nitrogens is 3. The lowest BCUT2D eigenvalue weighted by Crippen LogP contribution is -2.42. The minimum absolute atomic E-state index is 0.160. The molecule has 0 saturated heterocycles. The first kappa shape index (κ1) is 30.9. The Balaban J connectivity index is 1.29. The van der Waals surface area contributed by atoms with Crippen LogP contribution >= 0.6 is 0 Å². The third kappa shape index (κ3) is 6.18. The number of benzene rings is 5. The first-order valence-electron chi connectivity index (χ1n) is 17.6. The molecule has 2 aliphatic carbocycles. The molecule has 0 amide bonds. The SMILES string of the molecule is C[C@@H]1C[C@@H]2C[C@H](C)CC(c3ccc(-c4cc(-c5ccccc5)cc(-c5nc(-c6ccccc6)nc(-c6ccccc6)n5)c4)c(C#N)c3)(C1)C2. The van der Waals surface area contributed by atoms with Gasteiger partial charge in [-0.1, -0.05) is 117 Å². The molecule has 240 valence electrons. The zero-order valence-corrected chi connectivity index (χ0v) is 28.2. The Kier molecular flexibility index (Phi) is 8.14. The largest absolute Gasteiger partial charge is 0.208 e. The molecule has 6 aromatic rings. The molecule has 2 saturated carbocycles. The van der Waals surface area contributed by atoms with Crippen molar-refractivity contribution < 1.29 is 0 Å². The summed E-state index contributed by atoms with van der Waals surface area (Å²) in [5.41, 5.74) is 9.03. The van der Waals surface area contributed by atoms with Gasteiger partial charge in [-0.15, -0.1) is 0 Å². The minimum atomic E-state index is 0.160. The van der Waals surface area contributed by atoms with Gasteiger partial charge in [-0.25, -0.2) is 15.0 Å². The van der Waals surface area contributed by atoms with Gasteiger partial charge in [-0.05, 0) is 107 Å². The summed E-state index contributed by atoms with van der Waals surface area (Å²) in [5, 5.41) is 10.6. The Morgan fingerprint density at radius 2 is 1.02 bits per heavy atom. The summed E-state index contributed by atoms with van der Waals surface area (Å²) in [6, 6.07) is 46.4. The van der Waals surface area contributed by atoms with E-state index in [-0.39, 0.29) is 5.41 Å². The molecular formula is C45H40N4. The second-order valence-corrected chi connectivity index (χ2v) is 14.5. The predicted molar refractivity (Wildman–Crippen MR) is 198 cm³/mol. The van der Waals surface area contributed by atoms with E-state index in [1.807, 2.05) is 66.7 Å². The minimum Gasteiger partial charge on any atom is -0.208 e. The number of fused-ring (bicyclic) bond motifs is 2. The van der Waals surface area contributed by atoms with Crippen molar-refractivity contribution in [2.75, 3.05) is 0 Å². The highest BCUT2D eigenvalue weighted by Crippen LogP contribution is 2.54. The topological polar surface area (TPSA) is 62.5 Å². The molecule has 4 nitrogen and oxygen atoms in total. The molecule has 4 heteroatoms. The first-order chi connectivity index (χ1) is 24.0. The van der Waals surface area contributed by atoms with Crippen molar-refractivity contribution in [1.29, 1.82) is 5.26 Å². The van der Waals surface area contributed by atoms with Gasteiger partial charge in [0.05, 0.1) is 11.6 Å². The smallest absolute Gasteiger partial charge is 0.164 e. The van der Waals surface area contributed by atoms with Gasteiger partial charge in [-0.3, -0.25) is 0 Å². The van der Waals surface area contributed by atoms with Crippen LogP contribution in [0.4, 0.5) is 0 Å². The molecule has 4 atom stereocenters. The van der Waals surface area contributed by atoms with Crippen LogP contribution in [-0.2, 0) is 5.41 Å². The van der Waals surface area contributed by atoms with Gasteiger partial charge in [-0.2, -0.15) is 5.26 Å². The Hall–Kier alpha value is -5.40. The maximum atomic E-state index is 10.6. The van der Waals surface area contributed by atoms with Crippen molar-refractivity contribution in [3.05, 3.63) is 139 Å². The summed E-state index contributed by atoms with van der Waals surface area (Å²) in [7, 11) is 0. The third-order valence-electron chi connectivity index (χ3n) is 10.7. The van der Waals surface area contributed by atoms with Crippen LogP contribution in [0.3, 0.4) is 0 Å². The third-order valence-corrected chi connectivity index (χ3v) is 10.7. The van der Waals surface area contributed by atoms with Gasteiger partial charge in [0, 0.05) is 16.7 Å². The van der Waals surface area contributed by atoms with E-state index in [0.29, 0.717) is 29.3 Å². The number of hydrogen-bond donors (Lipinski definition) is 0. The second-order valence-electron chi connectivity index (χ2n) is 14.5. The Bertz CT molecular complexity index is 2070. The van der Waals surface area contributed by atoms with Crippen LogP contribution in [0.1, 0.15) is 57.1 Å². The van der Waals surface area contributed by atoms with Crippen LogP contribution in [0.2, 0.25) is 0 Å². The summed E-state index contributed by atoms with van der Waals surface area (Å²) in [6.45, 7) is 4.83. The molecule has 5 aromatic carbocycles. The lowest BCUT2D eigenvalue weighted by atomic mass is 9.54. The Labute approximate surface area is 289 Å². The lowest BCUT2D eigenvalue weighted by Gasteiger charge is -2.50. The lowest BCUT2D eigenvalue weighted by molar-refractivity contribution is 0.0780. The van der Waals surface area contributed by atoms with E-state index in [9.17, 15) is 5.26 Å². The predicted octanol–water partition coefficient (Wildman–Crippen LogP) is 11.2. The average molecular weight is 637 g/mol. The molecule has 0 aliphatic heterocycles. The van der Waals surface area contributed by atoms with Crippen molar-refractivity contribution in [1.82, 2.24) is 15.0 Å². The van der Waals surface area contributed by atoms with Crippen molar-refractivity contribution in [2.24, 2.45) is 17.8 Å². The molecule has 0 N–H and O–H groups in total. The van der Waals surface area contributed by atoms with E-state index in [4.69, 9.17) is 15.0 Å². The Morgan fingerprint density at radius 1 is 0.531 bits per heavy atom. The number of nitrogens with zero attached hydrogens (tertiary/aromatic N) is 4. The molecule has 2 fully saturated rings. The normalized spacial score (nSPS) is 21.5. The van der Waals surface area contributed by atoms with Gasteiger partial charge in [0.15, 0.2) is 17.5 Å². The van der Waals surface area contributed by atoms with E-state index in [1.54, 1.807) is 0 Å². The van der Waals surface area contributed by atoms with Gasteiger partial charge >= 0.3 is 0 Å². The molecule has 0 radical (unpaired) electrons. The van der Waals surface area contributed by atoms with Crippen molar-refractivity contribution >= 4 is 0 Å². The molecule has 8 rings (SSSR count). The van der Waals surface area contributed by atoms with Crippen LogP contribution in [0.15, 0.2) is 127 Å². The molecule has 49 heavy (non-hydrogen) atoms. The molecule has 2 bridgehead atoms. The maximum Gasteiger partial charge on any atom is 0.164 e. The highest BCUT2D eigenvalue weighted by Gasteiger charge is 2.45. The first-order valence-corrected chi connectivity index (χ1v) is 17.6. The number of nitriles is 1. The van der Waals surface area contributed by atoms with Gasteiger partial charge in [0.25, 0.3) is 0 Å². The van der Waals surface area contributed by atoms with Crippen molar-refractivity contribution in [2.45, 2.75) is 51.4 Å². The number of hydrogen-bond acceptors (Lipinski definition) is 4. The van der Waals surface area contributed by atoms with Gasteiger partial charge < -0.3 is 0 Å². The van der Waals surface area contributed by atoms with E-state index < -0.39 is 0 Å². The van der Waals surface area contributed by atoms with E-state index in [2.05, 4.69) is 80.6 Å². The molecule has 1 aromatic heterocycles. The quantitative estimate of drug-likeness (QED) is 0.182. The zero-order chi connectivity index (χ0) is 33.4. The maximum absolute atomic E-state index is 10.6. The summed E-state index contributed by atoms with van der Waals surface area (Å²) < 4.78 is 0. The van der Waals surface area contributed by atoms with Crippen molar-refractivity contribution in [3.63, 3.8) is 0 Å². The van der Waals surface area contributed by atoms with E-state index in [0.717, 1.165) is 50.4 Å². The molecule has 0 spiro atoms. The van der Waals surface area contributed by atoms with Gasteiger partial charge in [0.2, 0.25) is 0 Å². The summed E-state index contributed by atoms with van der Waals surface area (Å²) >= 11 is 0. The average Bonchev–Trinajstić information content (AvgIpc) is 3.14. The van der Waals surface area contributed by atoms with Crippen LogP contribution in [-0.4, -0.2) is 15.0 Å². The standard InChI is InChI=1S/C45H40N4/c1-30-20-32-21-31(2)27-45(26-30,28-32)40-18-19-41(39(25-40)29-46)37-22-36(33-12-6-3-7-13-33)23-38(24-37)44-48-42(34-14-8-4-9-15-34)47-43(49-44)35-16-10-5-11-17-35/h3-19,22-25,30-32H,20-21,26-28H2,1-2H3/t30-,31+,32-,45?. The van der Waals surface area contributed by atoms with Crippen LogP contribution < -0.4 is 0 Å². The highest BCUT2D eigenvalue weighted by atomic mass is 15.0. The molecule has 1 unspecified atom stereocenters. The van der Waals surface area contributed by atoms with Crippen LogP contribution in [0.5, 0.6) is 0 Å². The fourth-order valence-electron chi connectivity index (χ4n) is 8.92. The van der Waals surface area contributed by atoms with E-state index >= 15 is 0 Å². The van der Waals surface area contributed by atoms with Gasteiger partial charge in [0.1, 0.15) is 0 Å². The summed E-state index contributed by atoms with van der Waals surface area (Å²) in [4.78, 5) is 15.0. The van der Waals surface area contributed by atoms with E-state index in [1.165, 1.54) is 37.7 Å². The zero-order valence-electron chi connectivity index (χ0n) is 28.2. The molecule has 1 heterocycles. The molecular weight excluding hydrogens is 597 g/mol. The highest BCUT2D eigenvalue weighted by molar-refractivity contribution is 5.82. The molecule has 2 aliphatic rings.